The summed E-state index contributed by atoms with van der Waals surface area (Å²) in [6, 6.07) is 11.2. The number of carbonyl (C=O) groups is 3. The molecule has 1 aliphatic heterocycles. The highest BCUT2D eigenvalue weighted by molar-refractivity contribution is 5.95. The molecule has 0 spiro atoms. The molecule has 3 N–H and O–H groups in total. The first-order chi connectivity index (χ1) is 37.0. The highest BCUT2D eigenvalue weighted by atomic mass is 16.6. The molecule has 0 fully saturated rings. The fourth-order valence-corrected chi connectivity index (χ4v) is 9.36. The quantitative estimate of drug-likeness (QED) is 0.0548. The largest absolute Gasteiger partial charge is 0.481 e. The van der Waals surface area contributed by atoms with Crippen LogP contribution in [0, 0.1) is 6.92 Å². The molecule has 0 aromatic heterocycles. The van der Waals surface area contributed by atoms with Crippen LogP contribution in [-0.4, -0.2) is 212 Å². The van der Waals surface area contributed by atoms with E-state index in [1.807, 2.05) is 0 Å². The van der Waals surface area contributed by atoms with E-state index in [0.29, 0.717) is 178 Å². The Hall–Kier alpha value is -3.96. The van der Waals surface area contributed by atoms with Crippen molar-refractivity contribution in [1.29, 1.82) is 0 Å². The van der Waals surface area contributed by atoms with Crippen LogP contribution in [-0.2, 0) is 82.1 Å². The van der Waals surface area contributed by atoms with Crippen LogP contribution < -0.4 is 10.6 Å². The highest BCUT2D eigenvalue weighted by Crippen LogP contribution is 2.57. The molecule has 1 heterocycles. The van der Waals surface area contributed by atoms with Crippen molar-refractivity contribution >= 4 is 29.2 Å². The second-order valence-corrected chi connectivity index (χ2v) is 19.4. The van der Waals surface area contributed by atoms with Crippen molar-refractivity contribution in [3.8, 4) is 11.1 Å². The van der Waals surface area contributed by atoms with Crippen LogP contribution in [0.15, 0.2) is 30.3 Å². The van der Waals surface area contributed by atoms with E-state index in [9.17, 15) is 19.5 Å². The monoisotopic (exact) mass is 1070 g/mol. The zero-order chi connectivity index (χ0) is 54.7. The molecule has 2 amide bonds. The van der Waals surface area contributed by atoms with Gasteiger partial charge >= 0.3 is 5.97 Å². The number of rotatable bonds is 48. The van der Waals surface area contributed by atoms with E-state index in [1.165, 1.54) is 11.3 Å². The maximum absolute atomic E-state index is 13.7. The molecule has 2 aromatic rings. The van der Waals surface area contributed by atoms with Crippen molar-refractivity contribution in [3.63, 3.8) is 0 Å². The van der Waals surface area contributed by atoms with E-state index >= 15 is 0 Å². The van der Waals surface area contributed by atoms with Gasteiger partial charge in [-0.25, -0.2) is 0 Å². The number of nitrogens with one attached hydrogen (secondary N) is 2. The van der Waals surface area contributed by atoms with Gasteiger partial charge in [0.25, 0.3) is 0 Å². The van der Waals surface area contributed by atoms with Gasteiger partial charge in [-0.1, -0.05) is 23.8 Å². The minimum absolute atomic E-state index is 0.0877. The number of hydrogen-bond donors (Lipinski definition) is 3. The smallest absolute Gasteiger partial charge is 0.303 e. The molecule has 0 radical (unpaired) electrons. The summed E-state index contributed by atoms with van der Waals surface area (Å²) in [6.45, 7) is 20.5. The third-order valence-electron chi connectivity index (χ3n) is 13.7. The average molecular weight is 1080 g/mol. The van der Waals surface area contributed by atoms with Gasteiger partial charge in [-0.15, -0.1) is 0 Å². The Morgan fingerprint density at radius 2 is 0.895 bits per heavy atom. The van der Waals surface area contributed by atoms with E-state index in [0.717, 1.165) is 52.9 Å². The van der Waals surface area contributed by atoms with Crippen LogP contribution in [0.5, 0.6) is 0 Å². The number of aliphatic carboxylic acids is 1. The summed E-state index contributed by atoms with van der Waals surface area (Å²) >= 11 is 0. The zero-order valence-corrected chi connectivity index (χ0v) is 46.7. The number of carboxylic acids is 1. The van der Waals surface area contributed by atoms with Gasteiger partial charge in [-0.2, -0.15) is 4.58 Å². The Bertz CT molecular complexity index is 1960. The van der Waals surface area contributed by atoms with Crippen LogP contribution in [0.1, 0.15) is 94.4 Å². The summed E-state index contributed by atoms with van der Waals surface area (Å²) in [5.74, 6) is -0.949. The Labute approximate surface area is 452 Å². The molecule has 4 rings (SSSR count). The van der Waals surface area contributed by atoms with Crippen LogP contribution in [0.4, 0.5) is 5.69 Å². The predicted octanol–water partition coefficient (Wildman–Crippen LogP) is 5.55. The minimum atomic E-state index is -0.773. The van der Waals surface area contributed by atoms with Crippen molar-refractivity contribution in [2.24, 2.45) is 0 Å². The van der Waals surface area contributed by atoms with Gasteiger partial charge in [0.05, 0.1) is 151 Å². The number of unbranched alkanes of at least 4 members (excludes halogenated alkanes) is 2. The van der Waals surface area contributed by atoms with Crippen molar-refractivity contribution < 1.29 is 80.9 Å². The number of benzene rings is 2. The van der Waals surface area contributed by atoms with E-state index in [1.54, 1.807) is 14.2 Å². The molecule has 76 heavy (non-hydrogen) atoms. The molecule has 430 valence electrons. The number of hydrogen-bond acceptors (Lipinski definition) is 15. The fraction of sp³-hybridized carbons (Fsp3) is 0.719. The Kier molecular flexibility index (Phi) is 32.1. The molecular weight excluding hydrogens is 983 g/mol. The Morgan fingerprint density at radius 3 is 1.32 bits per heavy atom. The molecule has 0 saturated carbocycles. The van der Waals surface area contributed by atoms with E-state index in [2.05, 4.69) is 73.2 Å². The van der Waals surface area contributed by atoms with Crippen molar-refractivity contribution in [2.75, 3.05) is 179 Å². The van der Waals surface area contributed by atoms with Crippen molar-refractivity contribution in [1.82, 2.24) is 10.6 Å². The van der Waals surface area contributed by atoms with Crippen LogP contribution in [0.25, 0.3) is 11.1 Å². The minimum Gasteiger partial charge on any atom is -0.481 e. The van der Waals surface area contributed by atoms with Crippen molar-refractivity contribution in [3.05, 3.63) is 52.6 Å². The number of amides is 2. The lowest BCUT2D eigenvalue weighted by atomic mass is 9.70. The van der Waals surface area contributed by atoms with Gasteiger partial charge in [-0.05, 0) is 74.8 Å². The van der Waals surface area contributed by atoms with Gasteiger partial charge in [0, 0.05) is 77.0 Å². The fourth-order valence-electron chi connectivity index (χ4n) is 9.36. The second kappa shape index (κ2) is 37.8. The maximum atomic E-state index is 13.7. The number of aryl methyl sites for hydroxylation is 1. The summed E-state index contributed by atoms with van der Waals surface area (Å²) < 4.78 is 67.9. The summed E-state index contributed by atoms with van der Waals surface area (Å²) in [5.41, 5.74) is 8.36. The maximum Gasteiger partial charge on any atom is 0.303 e. The summed E-state index contributed by atoms with van der Waals surface area (Å²) in [7, 11) is 3.28. The number of fused-ring (bicyclic) bond motifs is 4. The van der Waals surface area contributed by atoms with Crippen molar-refractivity contribution in [2.45, 2.75) is 89.9 Å². The standard InChI is InChI=1S/C57H91N3O16/c1-45-11-12-47-48-43-51-52(60(46(2)56(51,3)4)19-9-7-8-10-55(63)64)44-50(48)57(49(47)42-45,15-13-53(61)58-17-20-67-26-28-71-34-36-75-40-38-73-32-30-69-24-22-65-5)16-14-54(62)59-18-21-68-27-29-72-35-37-76-41-39-74-33-31-70-25-23-66-6/h11-12,42-44H,7-10,13-41H2,1-6H3,(H2-,58,59,61,62,63,64)/p+1. The first-order valence-corrected chi connectivity index (χ1v) is 27.4. The first kappa shape index (κ1) is 64.6. The second-order valence-electron chi connectivity index (χ2n) is 19.4. The summed E-state index contributed by atoms with van der Waals surface area (Å²) in [5, 5.41) is 15.4. The Balaban J connectivity index is 1.30. The number of carbonyl (C=O) groups excluding carboxylic acids is 2. The van der Waals surface area contributed by atoms with E-state index < -0.39 is 11.4 Å². The summed E-state index contributed by atoms with van der Waals surface area (Å²) in [4.78, 5) is 38.7. The number of methoxy groups -OCH3 is 2. The molecule has 2 aliphatic rings. The lowest BCUT2D eigenvalue weighted by molar-refractivity contribution is -0.439. The SMILES string of the molecule is COCCOCCOCCOCCOCCOCCNC(=O)CCC1(CCC(=O)NCCOCCOCCOCCOCCOCCOC)c2cc(C)ccc2-c2cc3c(cc21)[N+](CCCCCC(=O)O)=C(C)C3(C)C. The Morgan fingerprint density at radius 1 is 0.487 bits per heavy atom. The number of nitrogens with zero attached hydrogens (tertiary/aromatic N) is 1. The molecule has 19 heteroatoms. The lowest BCUT2D eigenvalue weighted by Crippen LogP contribution is -2.34. The van der Waals surface area contributed by atoms with E-state index in [4.69, 9.17) is 56.8 Å². The van der Waals surface area contributed by atoms with Crippen LogP contribution in [0.3, 0.4) is 0 Å². The zero-order valence-electron chi connectivity index (χ0n) is 46.7. The molecule has 1 aliphatic carbocycles. The third-order valence-corrected chi connectivity index (χ3v) is 13.7. The van der Waals surface area contributed by atoms with Gasteiger partial charge in [0.2, 0.25) is 17.5 Å². The first-order valence-electron chi connectivity index (χ1n) is 27.4. The molecule has 0 atom stereocenters. The molecule has 19 nitrogen and oxygen atoms in total. The van der Waals surface area contributed by atoms with Gasteiger partial charge < -0.3 is 72.6 Å². The van der Waals surface area contributed by atoms with Gasteiger partial charge in [-0.3, -0.25) is 14.4 Å². The van der Waals surface area contributed by atoms with Gasteiger partial charge in [0.15, 0.2) is 5.71 Å². The lowest BCUT2D eigenvalue weighted by Gasteiger charge is -2.32. The normalized spacial score (nSPS) is 14.0. The number of carboxylic acid groups (broad SMARTS) is 1. The van der Waals surface area contributed by atoms with Crippen LogP contribution >= 0.6 is 0 Å². The predicted molar refractivity (Wildman–Crippen MR) is 288 cm³/mol. The van der Waals surface area contributed by atoms with E-state index in [-0.39, 0.29) is 36.5 Å². The molecule has 0 bridgehead atoms. The van der Waals surface area contributed by atoms with Gasteiger partial charge in [0.1, 0.15) is 6.54 Å². The van der Waals surface area contributed by atoms with Crippen LogP contribution in [0.2, 0.25) is 0 Å². The molecule has 0 saturated heterocycles. The highest BCUT2D eigenvalue weighted by Gasteiger charge is 2.49. The third kappa shape index (κ3) is 22.8. The number of ether oxygens (including phenoxy) is 12. The molecule has 2 aromatic carbocycles. The summed E-state index contributed by atoms with van der Waals surface area (Å²) in [6.07, 6.45) is 3.94. The topological polar surface area (TPSA) is 209 Å². The molecular formula is C57H92N3O16+. The molecule has 0 unspecified atom stereocenters. The average Bonchev–Trinajstić information content (AvgIpc) is 3.89.